The molecule has 1 unspecified atom stereocenters. The van der Waals surface area contributed by atoms with Crippen LogP contribution in [0.1, 0.15) is 17.2 Å². The van der Waals surface area contributed by atoms with Crippen molar-refractivity contribution in [2.45, 2.75) is 6.04 Å². The van der Waals surface area contributed by atoms with E-state index >= 15 is 0 Å². The van der Waals surface area contributed by atoms with E-state index in [-0.39, 0.29) is 11.3 Å². The van der Waals surface area contributed by atoms with Gasteiger partial charge in [-0.1, -0.05) is 41.9 Å². The molecule has 3 aromatic carbocycles. The van der Waals surface area contributed by atoms with Gasteiger partial charge in [0.2, 0.25) is 0 Å². The van der Waals surface area contributed by atoms with E-state index in [2.05, 4.69) is 0 Å². The number of rotatable bonds is 3. The fourth-order valence-corrected chi connectivity index (χ4v) is 4.12. The highest BCUT2D eigenvalue weighted by Gasteiger charge is 2.47. The molecule has 0 spiro atoms. The predicted octanol–water partition coefficient (Wildman–Crippen LogP) is 4.74. The molecule has 160 valence electrons. The minimum Gasteiger partial charge on any atom is -0.507 e. The van der Waals surface area contributed by atoms with E-state index in [4.69, 9.17) is 21.1 Å². The summed E-state index contributed by atoms with van der Waals surface area (Å²) in [6.07, 6.45) is 0. The highest BCUT2D eigenvalue weighted by molar-refractivity contribution is 6.51. The van der Waals surface area contributed by atoms with Gasteiger partial charge in [-0.05, 0) is 48.0 Å². The summed E-state index contributed by atoms with van der Waals surface area (Å²) in [5.41, 5.74) is 1.57. The van der Waals surface area contributed by atoms with E-state index < -0.39 is 17.7 Å². The van der Waals surface area contributed by atoms with Crippen molar-refractivity contribution >= 4 is 34.7 Å². The van der Waals surface area contributed by atoms with Gasteiger partial charge in [-0.3, -0.25) is 14.5 Å². The van der Waals surface area contributed by atoms with E-state index in [1.54, 1.807) is 42.5 Å². The summed E-state index contributed by atoms with van der Waals surface area (Å²) in [6.45, 7) is 0.834. The van der Waals surface area contributed by atoms with Gasteiger partial charge in [0.25, 0.3) is 11.7 Å². The Bertz CT molecular complexity index is 1240. The molecule has 6 nitrogen and oxygen atoms in total. The van der Waals surface area contributed by atoms with Gasteiger partial charge in [0, 0.05) is 16.3 Å². The van der Waals surface area contributed by atoms with Gasteiger partial charge in [0.15, 0.2) is 11.5 Å². The minimum atomic E-state index is -0.800. The fourth-order valence-electron chi connectivity index (χ4n) is 4.00. The second-order valence-electron chi connectivity index (χ2n) is 7.41. The van der Waals surface area contributed by atoms with Crippen molar-refractivity contribution in [3.05, 3.63) is 94.5 Å². The molecule has 7 heteroatoms. The Labute approximate surface area is 189 Å². The summed E-state index contributed by atoms with van der Waals surface area (Å²) in [7, 11) is 0. The quantitative estimate of drug-likeness (QED) is 0.356. The molecule has 32 heavy (non-hydrogen) atoms. The third-order valence-corrected chi connectivity index (χ3v) is 5.73. The van der Waals surface area contributed by atoms with Crippen LogP contribution in [0.25, 0.3) is 5.76 Å². The van der Waals surface area contributed by atoms with Gasteiger partial charge in [-0.2, -0.15) is 0 Å². The number of hydrogen-bond acceptors (Lipinski definition) is 5. The van der Waals surface area contributed by atoms with Gasteiger partial charge in [0.05, 0.1) is 11.6 Å². The number of nitrogens with zero attached hydrogens (tertiary/aromatic N) is 1. The number of hydrogen-bond donors (Lipinski definition) is 1. The molecule has 5 rings (SSSR count). The average Bonchev–Trinajstić information content (AvgIpc) is 3.10. The number of Topliss-reactive ketones (excluding diaryl/α,β-unsaturated/α-hetero) is 1. The standard InChI is InChI=1S/C25H18ClNO5/c26-17-7-9-18(10-8-17)27-22(15-4-2-1-3-5-15)21(24(29)25(27)30)23(28)16-6-11-19-20(14-16)32-13-12-31-19/h1-11,14,22,28H,12-13H2/b23-21-. The van der Waals surface area contributed by atoms with Crippen molar-refractivity contribution in [2.24, 2.45) is 0 Å². The second kappa shape index (κ2) is 8.05. The summed E-state index contributed by atoms with van der Waals surface area (Å²) in [4.78, 5) is 27.6. The number of benzene rings is 3. The number of ether oxygens (including phenoxy) is 2. The van der Waals surface area contributed by atoms with E-state index in [0.29, 0.717) is 46.5 Å². The maximum Gasteiger partial charge on any atom is 0.300 e. The number of ketones is 1. The lowest BCUT2D eigenvalue weighted by atomic mass is 9.95. The van der Waals surface area contributed by atoms with Crippen LogP contribution in [0, 0.1) is 0 Å². The number of aliphatic hydroxyl groups excluding tert-OH is 1. The van der Waals surface area contributed by atoms with E-state index in [1.807, 2.05) is 30.3 Å². The van der Waals surface area contributed by atoms with Gasteiger partial charge in [-0.25, -0.2) is 0 Å². The van der Waals surface area contributed by atoms with Crippen molar-refractivity contribution in [1.29, 1.82) is 0 Å². The average molecular weight is 448 g/mol. The third kappa shape index (κ3) is 3.39. The lowest BCUT2D eigenvalue weighted by Gasteiger charge is -2.25. The molecule has 0 aromatic heterocycles. The normalized spacial score (nSPS) is 19.3. The number of amides is 1. The zero-order valence-electron chi connectivity index (χ0n) is 16.8. The molecule has 1 saturated heterocycles. The molecule has 1 fully saturated rings. The van der Waals surface area contributed by atoms with E-state index in [0.717, 1.165) is 0 Å². The lowest BCUT2D eigenvalue weighted by Crippen LogP contribution is -2.29. The van der Waals surface area contributed by atoms with Gasteiger partial charge in [-0.15, -0.1) is 0 Å². The Balaban J connectivity index is 1.68. The predicted molar refractivity (Wildman–Crippen MR) is 120 cm³/mol. The maximum absolute atomic E-state index is 13.2. The van der Waals surface area contributed by atoms with Crippen LogP contribution in [0.4, 0.5) is 5.69 Å². The Morgan fingerprint density at radius 3 is 2.31 bits per heavy atom. The summed E-state index contributed by atoms with van der Waals surface area (Å²) >= 11 is 6.01. The Morgan fingerprint density at radius 1 is 0.906 bits per heavy atom. The number of anilines is 1. The SMILES string of the molecule is O=C1C(=O)N(c2ccc(Cl)cc2)C(c2ccccc2)/C1=C(/O)c1ccc2c(c1)OCCO2. The van der Waals surface area contributed by atoms with Gasteiger partial charge < -0.3 is 14.6 Å². The highest BCUT2D eigenvalue weighted by Crippen LogP contribution is 2.43. The van der Waals surface area contributed by atoms with Gasteiger partial charge in [0.1, 0.15) is 19.0 Å². The number of fused-ring (bicyclic) bond motifs is 1. The molecule has 3 aromatic rings. The van der Waals surface area contributed by atoms with Gasteiger partial charge >= 0.3 is 0 Å². The third-order valence-electron chi connectivity index (χ3n) is 5.48. The molecule has 0 saturated carbocycles. The van der Waals surface area contributed by atoms with Crippen molar-refractivity contribution in [2.75, 3.05) is 18.1 Å². The highest BCUT2D eigenvalue weighted by atomic mass is 35.5. The van der Waals surface area contributed by atoms with Crippen LogP contribution in [-0.4, -0.2) is 30.0 Å². The first-order chi connectivity index (χ1) is 15.5. The maximum atomic E-state index is 13.2. The Hall–Kier alpha value is -3.77. The Morgan fingerprint density at radius 2 is 1.59 bits per heavy atom. The fraction of sp³-hybridized carbons (Fsp3) is 0.120. The first-order valence-corrected chi connectivity index (χ1v) is 10.4. The smallest absolute Gasteiger partial charge is 0.300 e. The van der Waals surface area contributed by atoms with Crippen molar-refractivity contribution in [3.63, 3.8) is 0 Å². The molecular formula is C25H18ClNO5. The molecule has 2 aliphatic rings. The van der Waals surface area contributed by atoms with Crippen molar-refractivity contribution < 1.29 is 24.2 Å². The number of carbonyl (C=O) groups excluding carboxylic acids is 2. The number of aliphatic hydroxyl groups is 1. The molecule has 2 heterocycles. The first kappa shape index (κ1) is 20.2. The van der Waals surface area contributed by atoms with E-state index in [9.17, 15) is 14.7 Å². The molecule has 0 radical (unpaired) electrons. The number of halogens is 1. The van der Waals surface area contributed by atoms with Crippen LogP contribution >= 0.6 is 11.6 Å². The van der Waals surface area contributed by atoms with Crippen LogP contribution in [0.2, 0.25) is 5.02 Å². The largest absolute Gasteiger partial charge is 0.507 e. The zero-order valence-corrected chi connectivity index (χ0v) is 17.6. The summed E-state index contributed by atoms with van der Waals surface area (Å²) < 4.78 is 11.1. The second-order valence-corrected chi connectivity index (χ2v) is 7.85. The molecule has 1 atom stereocenters. The topological polar surface area (TPSA) is 76.1 Å². The van der Waals surface area contributed by atoms with Crippen LogP contribution in [-0.2, 0) is 9.59 Å². The monoisotopic (exact) mass is 447 g/mol. The zero-order chi connectivity index (χ0) is 22.2. The molecule has 1 amide bonds. The van der Waals surface area contributed by atoms with E-state index in [1.165, 1.54) is 4.90 Å². The molecule has 1 N–H and O–H groups in total. The van der Waals surface area contributed by atoms with Crippen LogP contribution in [0.5, 0.6) is 11.5 Å². The molecule has 0 bridgehead atoms. The minimum absolute atomic E-state index is 0.00725. The van der Waals surface area contributed by atoms with Crippen LogP contribution in [0.3, 0.4) is 0 Å². The van der Waals surface area contributed by atoms with Crippen LogP contribution < -0.4 is 14.4 Å². The lowest BCUT2D eigenvalue weighted by molar-refractivity contribution is -0.132. The number of carbonyl (C=O) groups is 2. The summed E-state index contributed by atoms with van der Waals surface area (Å²) in [5, 5.41) is 11.7. The first-order valence-electron chi connectivity index (χ1n) is 10.1. The summed E-state index contributed by atoms with van der Waals surface area (Å²) in [5.74, 6) is -0.718. The Kier molecular flexibility index (Phi) is 5.07. The summed E-state index contributed by atoms with van der Waals surface area (Å²) in [6, 6.07) is 19.9. The van der Waals surface area contributed by atoms with Crippen molar-refractivity contribution in [1.82, 2.24) is 0 Å². The van der Waals surface area contributed by atoms with Crippen LogP contribution in [0.15, 0.2) is 78.4 Å². The molecule has 2 aliphatic heterocycles. The van der Waals surface area contributed by atoms with Crippen molar-refractivity contribution in [3.8, 4) is 11.5 Å². The molecular weight excluding hydrogens is 430 g/mol. The molecule has 0 aliphatic carbocycles.